The minimum Gasteiger partial charge on any atom is -0.459 e. The molecule has 6 nitrogen and oxygen atoms in total. The van der Waals surface area contributed by atoms with E-state index in [0.29, 0.717) is 5.69 Å². The van der Waals surface area contributed by atoms with Gasteiger partial charge in [0.05, 0.1) is 12.3 Å². The monoisotopic (exact) mass is 283 g/mol. The van der Waals surface area contributed by atoms with E-state index >= 15 is 0 Å². The van der Waals surface area contributed by atoms with Crippen LogP contribution in [0.3, 0.4) is 0 Å². The number of amides is 2. The third-order valence-corrected chi connectivity index (χ3v) is 2.72. The first-order chi connectivity index (χ1) is 10.2. The van der Waals surface area contributed by atoms with Gasteiger partial charge in [0.15, 0.2) is 5.76 Å². The Kier molecular flexibility index (Phi) is 4.72. The summed E-state index contributed by atoms with van der Waals surface area (Å²) in [5.74, 6) is -0.499. The number of nitrogens with one attached hydrogen (secondary N) is 2. The number of benzene rings is 1. The Morgan fingerprint density at radius 1 is 1.19 bits per heavy atom. The second-order valence-electron chi connectivity index (χ2n) is 4.20. The lowest BCUT2D eigenvalue weighted by Crippen LogP contribution is -2.23. The van der Waals surface area contributed by atoms with Crippen LogP contribution in [-0.2, 0) is 11.3 Å². The first-order valence-corrected chi connectivity index (χ1v) is 6.27. The highest BCUT2D eigenvalue weighted by Gasteiger charge is 2.10. The first kappa shape index (κ1) is 14.3. The second-order valence-corrected chi connectivity index (χ2v) is 4.20. The molecule has 2 amide bonds. The minimum atomic E-state index is -0.387. The molecule has 0 radical (unpaired) electrons. The molecule has 0 saturated heterocycles. The van der Waals surface area contributed by atoms with Crippen LogP contribution in [0.5, 0.6) is 0 Å². The molecule has 2 aromatic rings. The number of rotatable bonds is 5. The predicted molar refractivity (Wildman–Crippen MR) is 75.2 cm³/mol. The molecule has 1 heterocycles. The number of carbonyl (C=O) groups excluding carboxylic acids is 2. The van der Waals surface area contributed by atoms with Crippen molar-refractivity contribution in [3.05, 3.63) is 54.0 Å². The summed E-state index contributed by atoms with van der Waals surface area (Å²) in [7, 11) is 0. The van der Waals surface area contributed by atoms with E-state index in [9.17, 15) is 9.59 Å². The largest absolute Gasteiger partial charge is 0.459 e. The van der Waals surface area contributed by atoms with E-state index < -0.39 is 0 Å². The van der Waals surface area contributed by atoms with Crippen LogP contribution in [0.2, 0.25) is 0 Å². The molecule has 0 atom stereocenters. The number of para-hydroxylation sites is 1. The van der Waals surface area contributed by atoms with Crippen molar-refractivity contribution in [2.45, 2.75) is 13.0 Å². The van der Waals surface area contributed by atoms with Crippen molar-refractivity contribution in [3.8, 4) is 6.07 Å². The molecule has 1 aromatic heterocycles. The Hall–Kier alpha value is -3.07. The van der Waals surface area contributed by atoms with Gasteiger partial charge in [-0.25, -0.2) is 0 Å². The third kappa shape index (κ3) is 3.94. The summed E-state index contributed by atoms with van der Waals surface area (Å²) < 4.78 is 4.99. The van der Waals surface area contributed by atoms with Gasteiger partial charge in [0.25, 0.3) is 5.91 Å². The molecule has 0 aliphatic rings. The summed E-state index contributed by atoms with van der Waals surface area (Å²) in [5, 5.41) is 13.8. The highest BCUT2D eigenvalue weighted by molar-refractivity contribution is 5.93. The summed E-state index contributed by atoms with van der Waals surface area (Å²) in [4.78, 5) is 23.2. The van der Waals surface area contributed by atoms with E-state index in [1.807, 2.05) is 0 Å². The number of nitrogens with zero attached hydrogens (tertiary/aromatic N) is 1. The zero-order chi connectivity index (χ0) is 15.1. The maximum Gasteiger partial charge on any atom is 0.287 e. The van der Waals surface area contributed by atoms with Crippen molar-refractivity contribution in [2.24, 2.45) is 0 Å². The fourth-order valence-electron chi connectivity index (χ4n) is 1.73. The van der Waals surface area contributed by atoms with Gasteiger partial charge in [-0.3, -0.25) is 9.59 Å². The molecule has 1 aromatic carbocycles. The standard InChI is InChI=1S/C15H13N3O3/c16-8-7-14(19)18-12-5-2-1-4-11(12)10-17-15(20)13-6-3-9-21-13/h1-6,9H,7,10H2,(H,17,20)(H,18,19). The van der Waals surface area contributed by atoms with Crippen molar-refractivity contribution < 1.29 is 14.0 Å². The van der Waals surface area contributed by atoms with Gasteiger partial charge in [-0.2, -0.15) is 5.26 Å². The lowest BCUT2D eigenvalue weighted by Gasteiger charge is -2.10. The van der Waals surface area contributed by atoms with Gasteiger partial charge in [-0.05, 0) is 23.8 Å². The highest BCUT2D eigenvalue weighted by atomic mass is 16.3. The van der Waals surface area contributed by atoms with E-state index in [4.69, 9.17) is 9.68 Å². The van der Waals surface area contributed by atoms with Gasteiger partial charge < -0.3 is 15.1 Å². The van der Waals surface area contributed by atoms with Gasteiger partial charge in [0.1, 0.15) is 6.42 Å². The molecular weight excluding hydrogens is 270 g/mol. The van der Waals surface area contributed by atoms with Crippen molar-refractivity contribution in [2.75, 3.05) is 5.32 Å². The Morgan fingerprint density at radius 2 is 2.00 bits per heavy atom. The molecule has 2 rings (SSSR count). The molecule has 0 bridgehead atoms. The Bertz CT molecular complexity index is 672. The second kappa shape index (κ2) is 6.91. The van der Waals surface area contributed by atoms with Crippen LogP contribution in [0.4, 0.5) is 5.69 Å². The fraction of sp³-hybridized carbons (Fsp3) is 0.133. The molecule has 0 spiro atoms. The number of carbonyl (C=O) groups is 2. The SMILES string of the molecule is N#CCC(=O)Nc1ccccc1CNC(=O)c1ccco1. The van der Waals surface area contributed by atoms with E-state index in [1.165, 1.54) is 6.26 Å². The van der Waals surface area contributed by atoms with Crippen LogP contribution in [0.25, 0.3) is 0 Å². The van der Waals surface area contributed by atoms with Crippen molar-refractivity contribution in [1.29, 1.82) is 5.26 Å². The van der Waals surface area contributed by atoms with Crippen LogP contribution in [0, 0.1) is 11.3 Å². The van der Waals surface area contributed by atoms with Crippen molar-refractivity contribution >= 4 is 17.5 Å². The predicted octanol–water partition coefficient (Wildman–Crippen LogP) is 2.06. The first-order valence-electron chi connectivity index (χ1n) is 6.27. The van der Waals surface area contributed by atoms with Gasteiger partial charge in [-0.15, -0.1) is 0 Å². The quantitative estimate of drug-likeness (QED) is 0.878. The average molecular weight is 283 g/mol. The fourth-order valence-corrected chi connectivity index (χ4v) is 1.73. The number of anilines is 1. The summed E-state index contributed by atoms with van der Waals surface area (Å²) >= 11 is 0. The number of furan rings is 1. The maximum absolute atomic E-state index is 11.8. The molecular formula is C15H13N3O3. The molecule has 0 saturated carbocycles. The summed E-state index contributed by atoms with van der Waals surface area (Å²) in [6.45, 7) is 0.239. The normalized spacial score (nSPS) is 9.67. The number of hydrogen-bond donors (Lipinski definition) is 2. The minimum absolute atomic E-state index is 0.215. The molecule has 2 N–H and O–H groups in total. The van der Waals surface area contributed by atoms with Crippen LogP contribution < -0.4 is 10.6 Å². The Balaban J connectivity index is 2.01. The summed E-state index contributed by atoms with van der Waals surface area (Å²) in [6.07, 6.45) is 1.21. The molecule has 21 heavy (non-hydrogen) atoms. The van der Waals surface area contributed by atoms with Gasteiger partial charge in [0, 0.05) is 12.2 Å². The van der Waals surface area contributed by atoms with E-state index in [2.05, 4.69) is 10.6 Å². The lowest BCUT2D eigenvalue weighted by molar-refractivity contribution is -0.115. The molecule has 0 fully saturated rings. The number of nitriles is 1. The Labute approximate surface area is 121 Å². The van der Waals surface area contributed by atoms with Crippen molar-refractivity contribution in [3.63, 3.8) is 0 Å². The van der Waals surface area contributed by atoms with Gasteiger partial charge >= 0.3 is 0 Å². The molecule has 106 valence electrons. The zero-order valence-corrected chi connectivity index (χ0v) is 11.1. The van der Waals surface area contributed by atoms with Crippen LogP contribution in [0.15, 0.2) is 47.1 Å². The molecule has 0 aliphatic carbocycles. The average Bonchev–Trinajstić information content (AvgIpc) is 3.00. The summed E-state index contributed by atoms with van der Waals surface area (Å²) in [5.41, 5.74) is 1.31. The van der Waals surface area contributed by atoms with E-state index in [0.717, 1.165) is 5.56 Å². The smallest absolute Gasteiger partial charge is 0.287 e. The molecule has 0 unspecified atom stereocenters. The van der Waals surface area contributed by atoms with Crippen LogP contribution in [0.1, 0.15) is 22.5 Å². The highest BCUT2D eigenvalue weighted by Crippen LogP contribution is 2.15. The van der Waals surface area contributed by atoms with Gasteiger partial charge in [0.2, 0.25) is 5.91 Å². The van der Waals surface area contributed by atoms with Gasteiger partial charge in [-0.1, -0.05) is 18.2 Å². The topological polar surface area (TPSA) is 95.1 Å². The van der Waals surface area contributed by atoms with Crippen LogP contribution in [-0.4, -0.2) is 11.8 Å². The van der Waals surface area contributed by atoms with E-state index in [1.54, 1.807) is 42.5 Å². The molecule has 0 aliphatic heterocycles. The summed E-state index contributed by atoms with van der Waals surface area (Å²) in [6, 6.07) is 12.0. The zero-order valence-electron chi connectivity index (χ0n) is 11.1. The van der Waals surface area contributed by atoms with Crippen LogP contribution >= 0.6 is 0 Å². The molecule has 6 heteroatoms. The lowest BCUT2D eigenvalue weighted by atomic mass is 10.1. The number of hydrogen-bond acceptors (Lipinski definition) is 4. The maximum atomic E-state index is 11.8. The Morgan fingerprint density at radius 3 is 2.71 bits per heavy atom. The third-order valence-electron chi connectivity index (χ3n) is 2.72. The van der Waals surface area contributed by atoms with E-state index in [-0.39, 0.29) is 30.5 Å². The van der Waals surface area contributed by atoms with Crippen molar-refractivity contribution in [1.82, 2.24) is 5.32 Å².